The molecule has 0 bridgehead atoms. The number of benzene rings is 1. The molecule has 1 saturated heterocycles. The molecule has 19 heavy (non-hydrogen) atoms. The molecule has 1 fully saturated rings. The smallest absolute Gasteiger partial charge is 0.225 e. The third kappa shape index (κ3) is 4.35. The third-order valence-corrected chi connectivity index (χ3v) is 3.71. The molecule has 0 atom stereocenters. The standard InChI is InChI=1S/C16H24N2O/c1-13(2)14-5-7-15(8-6-14)17-16(19)9-12-18-10-3-4-11-18/h5-8,13H,3-4,9-12H2,1-2H3,(H,17,19). The zero-order valence-corrected chi connectivity index (χ0v) is 12.0. The molecule has 0 unspecified atom stereocenters. The zero-order chi connectivity index (χ0) is 13.7. The van der Waals surface area contributed by atoms with Gasteiger partial charge < -0.3 is 10.2 Å². The Morgan fingerprint density at radius 2 is 1.84 bits per heavy atom. The molecule has 1 amide bonds. The lowest BCUT2D eigenvalue weighted by Gasteiger charge is -2.14. The van der Waals surface area contributed by atoms with Crippen molar-refractivity contribution in [3.8, 4) is 0 Å². The van der Waals surface area contributed by atoms with E-state index < -0.39 is 0 Å². The van der Waals surface area contributed by atoms with Crippen LogP contribution in [0.15, 0.2) is 24.3 Å². The van der Waals surface area contributed by atoms with Crippen molar-refractivity contribution in [2.24, 2.45) is 0 Å². The highest BCUT2D eigenvalue weighted by molar-refractivity contribution is 5.90. The van der Waals surface area contributed by atoms with Gasteiger partial charge in [-0.2, -0.15) is 0 Å². The number of rotatable bonds is 5. The summed E-state index contributed by atoms with van der Waals surface area (Å²) in [6.07, 6.45) is 3.14. The van der Waals surface area contributed by atoms with Crippen LogP contribution < -0.4 is 5.32 Å². The molecule has 0 aromatic heterocycles. The summed E-state index contributed by atoms with van der Waals surface area (Å²) in [5.41, 5.74) is 2.20. The lowest BCUT2D eigenvalue weighted by atomic mass is 10.0. The molecule has 3 nitrogen and oxygen atoms in total. The molecule has 1 aliphatic rings. The molecular weight excluding hydrogens is 236 g/mol. The van der Waals surface area contributed by atoms with Crippen LogP contribution in [0.25, 0.3) is 0 Å². The number of carbonyl (C=O) groups excluding carboxylic acids is 1. The van der Waals surface area contributed by atoms with Crippen molar-refractivity contribution in [1.29, 1.82) is 0 Å². The number of likely N-dealkylation sites (tertiary alicyclic amines) is 1. The Labute approximate surface area is 116 Å². The van der Waals surface area contributed by atoms with E-state index in [1.807, 2.05) is 12.1 Å². The van der Waals surface area contributed by atoms with Crippen LogP contribution in [0.3, 0.4) is 0 Å². The van der Waals surface area contributed by atoms with Crippen LogP contribution in [0, 0.1) is 0 Å². The maximum Gasteiger partial charge on any atom is 0.225 e. The molecule has 2 rings (SSSR count). The van der Waals surface area contributed by atoms with Crippen molar-refractivity contribution in [2.45, 2.75) is 39.0 Å². The molecule has 1 aromatic rings. The second-order valence-corrected chi connectivity index (χ2v) is 5.62. The van der Waals surface area contributed by atoms with Gasteiger partial charge in [-0.15, -0.1) is 0 Å². The summed E-state index contributed by atoms with van der Waals surface area (Å²) in [7, 11) is 0. The maximum atomic E-state index is 11.9. The van der Waals surface area contributed by atoms with Crippen molar-refractivity contribution in [3.05, 3.63) is 29.8 Å². The van der Waals surface area contributed by atoms with Gasteiger partial charge in [-0.1, -0.05) is 26.0 Å². The minimum atomic E-state index is 0.115. The van der Waals surface area contributed by atoms with Gasteiger partial charge in [0.15, 0.2) is 0 Å². The van der Waals surface area contributed by atoms with E-state index in [-0.39, 0.29) is 5.91 Å². The summed E-state index contributed by atoms with van der Waals surface area (Å²) < 4.78 is 0. The summed E-state index contributed by atoms with van der Waals surface area (Å²) in [5, 5.41) is 2.97. The molecule has 0 spiro atoms. The molecule has 1 heterocycles. The fourth-order valence-corrected chi connectivity index (χ4v) is 2.44. The monoisotopic (exact) mass is 260 g/mol. The predicted octanol–water partition coefficient (Wildman–Crippen LogP) is 3.23. The van der Waals surface area contributed by atoms with Crippen molar-refractivity contribution < 1.29 is 4.79 Å². The van der Waals surface area contributed by atoms with Crippen molar-refractivity contribution in [3.63, 3.8) is 0 Å². The highest BCUT2D eigenvalue weighted by Gasteiger charge is 2.12. The molecule has 1 aromatic carbocycles. The fraction of sp³-hybridized carbons (Fsp3) is 0.562. The number of amides is 1. The van der Waals surface area contributed by atoms with Crippen LogP contribution in [0.4, 0.5) is 5.69 Å². The quantitative estimate of drug-likeness (QED) is 0.881. The minimum absolute atomic E-state index is 0.115. The fourth-order valence-electron chi connectivity index (χ4n) is 2.44. The molecular formula is C16H24N2O. The first kappa shape index (κ1) is 14.1. The Morgan fingerprint density at radius 1 is 1.21 bits per heavy atom. The van der Waals surface area contributed by atoms with Crippen molar-refractivity contribution >= 4 is 11.6 Å². The molecule has 104 valence electrons. The van der Waals surface area contributed by atoms with E-state index in [1.165, 1.54) is 18.4 Å². The van der Waals surface area contributed by atoms with E-state index in [1.54, 1.807) is 0 Å². The first-order valence-electron chi connectivity index (χ1n) is 7.27. The number of nitrogens with zero attached hydrogens (tertiary/aromatic N) is 1. The van der Waals surface area contributed by atoms with Gasteiger partial charge in [0.05, 0.1) is 0 Å². The predicted molar refractivity (Wildman–Crippen MR) is 79.5 cm³/mol. The molecule has 0 saturated carbocycles. The molecule has 0 aliphatic carbocycles. The average Bonchev–Trinajstić information content (AvgIpc) is 2.90. The largest absolute Gasteiger partial charge is 0.326 e. The van der Waals surface area contributed by atoms with E-state index >= 15 is 0 Å². The van der Waals surface area contributed by atoms with Crippen LogP contribution >= 0.6 is 0 Å². The Bertz CT molecular complexity index is 405. The number of hydrogen-bond donors (Lipinski definition) is 1. The van der Waals surface area contributed by atoms with Crippen LogP contribution in [-0.2, 0) is 4.79 Å². The van der Waals surface area contributed by atoms with Gasteiger partial charge in [0.25, 0.3) is 0 Å². The van der Waals surface area contributed by atoms with Gasteiger partial charge in [-0.3, -0.25) is 4.79 Å². The summed E-state index contributed by atoms with van der Waals surface area (Å²) in [4.78, 5) is 14.2. The first-order chi connectivity index (χ1) is 9.15. The molecule has 1 aliphatic heterocycles. The van der Waals surface area contributed by atoms with E-state index in [9.17, 15) is 4.79 Å². The normalized spacial score (nSPS) is 15.9. The highest BCUT2D eigenvalue weighted by Crippen LogP contribution is 2.17. The van der Waals surface area contributed by atoms with E-state index in [0.717, 1.165) is 25.3 Å². The molecule has 3 heteroatoms. The van der Waals surface area contributed by atoms with E-state index in [0.29, 0.717) is 12.3 Å². The Hall–Kier alpha value is -1.35. The molecule has 0 radical (unpaired) electrons. The number of anilines is 1. The second kappa shape index (κ2) is 6.71. The third-order valence-electron chi connectivity index (χ3n) is 3.71. The topological polar surface area (TPSA) is 32.3 Å². The van der Waals surface area contributed by atoms with Gasteiger partial charge in [0, 0.05) is 18.7 Å². The summed E-state index contributed by atoms with van der Waals surface area (Å²) in [6, 6.07) is 8.15. The summed E-state index contributed by atoms with van der Waals surface area (Å²) in [6.45, 7) is 7.52. The van der Waals surface area contributed by atoms with Crippen LogP contribution in [0.2, 0.25) is 0 Å². The van der Waals surface area contributed by atoms with Gasteiger partial charge in [0.2, 0.25) is 5.91 Å². The van der Waals surface area contributed by atoms with Gasteiger partial charge in [-0.05, 0) is 49.5 Å². The van der Waals surface area contributed by atoms with Gasteiger partial charge in [0.1, 0.15) is 0 Å². The summed E-state index contributed by atoms with van der Waals surface area (Å²) in [5.74, 6) is 0.643. The lowest BCUT2D eigenvalue weighted by Crippen LogP contribution is -2.25. The maximum absolute atomic E-state index is 11.9. The Morgan fingerprint density at radius 3 is 2.42 bits per heavy atom. The van der Waals surface area contributed by atoms with Crippen LogP contribution in [0.5, 0.6) is 0 Å². The van der Waals surface area contributed by atoms with Crippen molar-refractivity contribution in [1.82, 2.24) is 4.90 Å². The van der Waals surface area contributed by atoms with Gasteiger partial charge in [-0.25, -0.2) is 0 Å². The molecule has 1 N–H and O–H groups in total. The van der Waals surface area contributed by atoms with Crippen LogP contribution in [-0.4, -0.2) is 30.4 Å². The highest BCUT2D eigenvalue weighted by atomic mass is 16.1. The average molecular weight is 260 g/mol. The lowest BCUT2D eigenvalue weighted by molar-refractivity contribution is -0.116. The van der Waals surface area contributed by atoms with Gasteiger partial charge >= 0.3 is 0 Å². The van der Waals surface area contributed by atoms with E-state index in [2.05, 4.69) is 36.2 Å². The van der Waals surface area contributed by atoms with Crippen molar-refractivity contribution in [2.75, 3.05) is 25.0 Å². The summed E-state index contributed by atoms with van der Waals surface area (Å²) >= 11 is 0. The number of hydrogen-bond acceptors (Lipinski definition) is 2. The second-order valence-electron chi connectivity index (χ2n) is 5.62. The zero-order valence-electron chi connectivity index (χ0n) is 12.0. The first-order valence-corrected chi connectivity index (χ1v) is 7.27. The van der Waals surface area contributed by atoms with E-state index in [4.69, 9.17) is 0 Å². The van der Waals surface area contributed by atoms with Crippen LogP contribution in [0.1, 0.15) is 44.6 Å². The SMILES string of the molecule is CC(C)c1ccc(NC(=O)CCN2CCCC2)cc1. The minimum Gasteiger partial charge on any atom is -0.326 e. The Kier molecular flexibility index (Phi) is 4.97. The Balaban J connectivity index is 1.77. The number of nitrogens with one attached hydrogen (secondary N) is 1. The number of carbonyl (C=O) groups is 1.